The summed E-state index contributed by atoms with van der Waals surface area (Å²) in [7, 11) is 2.02. The first-order valence-corrected chi connectivity index (χ1v) is 7.04. The van der Waals surface area contributed by atoms with Crippen LogP contribution in [0.15, 0.2) is 30.3 Å². The summed E-state index contributed by atoms with van der Waals surface area (Å²) < 4.78 is 1.89. The Morgan fingerprint density at radius 2 is 2.10 bits per heavy atom. The van der Waals surface area contributed by atoms with Gasteiger partial charge >= 0.3 is 0 Å². The largest absolute Gasteiger partial charge is 0.316 e. The number of nitrogens with one attached hydrogen (secondary N) is 1. The number of rotatable bonds is 5. The van der Waals surface area contributed by atoms with E-state index in [4.69, 9.17) is 0 Å². The van der Waals surface area contributed by atoms with Gasteiger partial charge in [-0.3, -0.25) is 4.90 Å². The van der Waals surface area contributed by atoms with Crippen molar-refractivity contribution in [3.05, 3.63) is 41.7 Å². The maximum atomic E-state index is 4.17. The first-order valence-electron chi connectivity index (χ1n) is 7.04. The van der Waals surface area contributed by atoms with Crippen LogP contribution in [0.1, 0.15) is 17.8 Å². The number of tetrazole rings is 1. The van der Waals surface area contributed by atoms with Gasteiger partial charge in [0.1, 0.15) is 0 Å². The summed E-state index contributed by atoms with van der Waals surface area (Å²) in [5.41, 5.74) is 1.22. The van der Waals surface area contributed by atoms with Crippen molar-refractivity contribution >= 4 is 0 Å². The molecule has 0 aliphatic carbocycles. The molecule has 1 aromatic heterocycles. The van der Waals surface area contributed by atoms with E-state index in [9.17, 15) is 0 Å². The number of aromatic nitrogens is 4. The third-order valence-corrected chi connectivity index (χ3v) is 3.83. The number of hydrogen-bond acceptors (Lipinski definition) is 5. The van der Waals surface area contributed by atoms with Gasteiger partial charge in [-0.05, 0) is 29.5 Å². The maximum absolute atomic E-state index is 4.17. The van der Waals surface area contributed by atoms with E-state index in [1.807, 2.05) is 29.9 Å². The van der Waals surface area contributed by atoms with Crippen molar-refractivity contribution in [2.75, 3.05) is 20.1 Å². The molecule has 1 aliphatic rings. The Morgan fingerprint density at radius 3 is 2.85 bits per heavy atom. The summed E-state index contributed by atoms with van der Waals surface area (Å²) in [5, 5.41) is 15.4. The summed E-state index contributed by atoms with van der Waals surface area (Å²) in [5.74, 6) is 0.936. The van der Waals surface area contributed by atoms with Crippen molar-refractivity contribution < 1.29 is 0 Å². The molecular weight excluding hydrogens is 252 g/mol. The lowest BCUT2D eigenvalue weighted by Gasteiger charge is -2.15. The molecule has 0 radical (unpaired) electrons. The van der Waals surface area contributed by atoms with Crippen LogP contribution in [0.3, 0.4) is 0 Å². The quantitative estimate of drug-likeness (QED) is 0.859. The van der Waals surface area contributed by atoms with Crippen LogP contribution in [-0.2, 0) is 13.1 Å². The molecule has 6 nitrogen and oxygen atoms in total. The molecule has 106 valence electrons. The Labute approximate surface area is 118 Å². The predicted molar refractivity (Wildman–Crippen MR) is 76.1 cm³/mol. The number of nitrogens with zero attached hydrogens (tertiary/aromatic N) is 5. The van der Waals surface area contributed by atoms with Crippen molar-refractivity contribution in [1.29, 1.82) is 0 Å². The third-order valence-electron chi connectivity index (χ3n) is 3.83. The third kappa shape index (κ3) is 3.02. The highest BCUT2D eigenvalue weighted by Gasteiger charge is 2.22. The van der Waals surface area contributed by atoms with Gasteiger partial charge in [-0.15, -0.1) is 5.10 Å². The van der Waals surface area contributed by atoms with E-state index in [-0.39, 0.29) is 0 Å². The molecule has 20 heavy (non-hydrogen) atoms. The van der Waals surface area contributed by atoms with Crippen molar-refractivity contribution in [2.45, 2.75) is 25.6 Å². The number of hydrogen-bond donors (Lipinski definition) is 1. The summed E-state index contributed by atoms with van der Waals surface area (Å²) >= 11 is 0. The lowest BCUT2D eigenvalue weighted by Crippen LogP contribution is -2.30. The van der Waals surface area contributed by atoms with Gasteiger partial charge in [-0.25, -0.2) is 4.68 Å². The Bertz CT molecular complexity index is 538. The minimum absolute atomic E-state index is 0.591. The Balaban J connectivity index is 1.65. The van der Waals surface area contributed by atoms with E-state index < -0.39 is 0 Å². The maximum Gasteiger partial charge on any atom is 0.165 e. The van der Waals surface area contributed by atoms with E-state index in [2.05, 4.69) is 37.9 Å². The SMILES string of the molecule is CNC1CCN(Cc2nnnn2Cc2ccccc2)C1. The lowest BCUT2D eigenvalue weighted by molar-refractivity contribution is 0.307. The van der Waals surface area contributed by atoms with Crippen LogP contribution in [0, 0.1) is 0 Å². The fourth-order valence-corrected chi connectivity index (χ4v) is 2.63. The average Bonchev–Trinajstić information content (AvgIpc) is 3.10. The zero-order chi connectivity index (χ0) is 13.8. The van der Waals surface area contributed by atoms with Crippen LogP contribution >= 0.6 is 0 Å². The molecule has 1 unspecified atom stereocenters. The van der Waals surface area contributed by atoms with Crippen molar-refractivity contribution in [1.82, 2.24) is 30.4 Å². The first kappa shape index (κ1) is 13.2. The molecule has 1 N–H and O–H groups in total. The molecular formula is C14H20N6. The molecule has 1 atom stereocenters. The molecule has 1 aliphatic heterocycles. The zero-order valence-corrected chi connectivity index (χ0v) is 11.7. The van der Waals surface area contributed by atoms with E-state index in [1.165, 1.54) is 12.0 Å². The molecule has 0 amide bonds. The number of benzene rings is 1. The second-order valence-corrected chi connectivity index (χ2v) is 5.25. The summed E-state index contributed by atoms with van der Waals surface area (Å²) in [6.45, 7) is 3.71. The minimum atomic E-state index is 0.591. The van der Waals surface area contributed by atoms with Crippen LogP contribution in [-0.4, -0.2) is 51.3 Å². The fourth-order valence-electron chi connectivity index (χ4n) is 2.63. The van der Waals surface area contributed by atoms with Gasteiger partial charge in [0.25, 0.3) is 0 Å². The highest BCUT2D eigenvalue weighted by atomic mass is 15.5. The second kappa shape index (κ2) is 6.11. The topological polar surface area (TPSA) is 58.9 Å². The standard InChI is InChI=1S/C14H20N6/c1-15-13-7-8-19(10-13)11-14-16-17-18-20(14)9-12-5-3-2-4-6-12/h2-6,13,15H,7-11H2,1H3. The van der Waals surface area contributed by atoms with Gasteiger partial charge in [-0.2, -0.15) is 0 Å². The minimum Gasteiger partial charge on any atom is -0.316 e. The zero-order valence-electron chi connectivity index (χ0n) is 11.7. The normalized spacial score (nSPS) is 19.6. The fraction of sp³-hybridized carbons (Fsp3) is 0.500. The van der Waals surface area contributed by atoms with Gasteiger partial charge in [-0.1, -0.05) is 30.3 Å². The van der Waals surface area contributed by atoms with E-state index >= 15 is 0 Å². The van der Waals surface area contributed by atoms with Gasteiger partial charge in [0, 0.05) is 19.1 Å². The van der Waals surface area contributed by atoms with Crippen LogP contribution in [0.4, 0.5) is 0 Å². The molecule has 6 heteroatoms. The molecule has 2 aromatic rings. The second-order valence-electron chi connectivity index (χ2n) is 5.25. The summed E-state index contributed by atoms with van der Waals surface area (Å²) in [6.07, 6.45) is 1.19. The monoisotopic (exact) mass is 272 g/mol. The van der Waals surface area contributed by atoms with E-state index in [0.29, 0.717) is 6.04 Å². The Morgan fingerprint density at radius 1 is 1.25 bits per heavy atom. The molecule has 1 aromatic carbocycles. The molecule has 1 fully saturated rings. The Kier molecular flexibility index (Phi) is 4.03. The average molecular weight is 272 g/mol. The van der Waals surface area contributed by atoms with Gasteiger partial charge < -0.3 is 5.32 Å². The lowest BCUT2D eigenvalue weighted by atomic mass is 10.2. The van der Waals surface area contributed by atoms with Crippen molar-refractivity contribution in [2.24, 2.45) is 0 Å². The van der Waals surface area contributed by atoms with Crippen LogP contribution in [0.25, 0.3) is 0 Å². The van der Waals surface area contributed by atoms with E-state index in [0.717, 1.165) is 32.0 Å². The molecule has 0 spiro atoms. The highest BCUT2D eigenvalue weighted by Crippen LogP contribution is 2.12. The predicted octanol–water partition coefficient (Wildman–Crippen LogP) is 0.515. The molecule has 0 bridgehead atoms. The van der Waals surface area contributed by atoms with Gasteiger partial charge in [0.2, 0.25) is 0 Å². The number of likely N-dealkylation sites (N-methyl/N-ethyl adjacent to an activating group) is 1. The van der Waals surface area contributed by atoms with Crippen LogP contribution in [0.5, 0.6) is 0 Å². The molecule has 1 saturated heterocycles. The van der Waals surface area contributed by atoms with Crippen molar-refractivity contribution in [3.8, 4) is 0 Å². The molecule has 0 saturated carbocycles. The van der Waals surface area contributed by atoms with Crippen LogP contribution < -0.4 is 5.32 Å². The van der Waals surface area contributed by atoms with Crippen molar-refractivity contribution in [3.63, 3.8) is 0 Å². The Hall–Kier alpha value is -1.79. The van der Waals surface area contributed by atoms with Crippen LogP contribution in [0.2, 0.25) is 0 Å². The highest BCUT2D eigenvalue weighted by molar-refractivity contribution is 5.14. The van der Waals surface area contributed by atoms with Gasteiger partial charge in [0.05, 0.1) is 13.1 Å². The molecule has 2 heterocycles. The first-order chi connectivity index (χ1) is 9.85. The smallest absolute Gasteiger partial charge is 0.165 e. The van der Waals surface area contributed by atoms with Gasteiger partial charge in [0.15, 0.2) is 5.82 Å². The molecule has 3 rings (SSSR count). The summed E-state index contributed by atoms with van der Waals surface area (Å²) in [4.78, 5) is 2.40. The number of likely N-dealkylation sites (tertiary alicyclic amines) is 1. The summed E-state index contributed by atoms with van der Waals surface area (Å²) in [6, 6.07) is 10.9. The van der Waals surface area contributed by atoms with E-state index in [1.54, 1.807) is 0 Å².